The number of aromatic nitrogens is 3. The number of hydrogen-bond acceptors (Lipinski definition) is 7. The van der Waals surface area contributed by atoms with Gasteiger partial charge >= 0.3 is 11.9 Å². The van der Waals surface area contributed by atoms with Crippen molar-refractivity contribution in [3.63, 3.8) is 0 Å². The molecule has 0 atom stereocenters. The minimum atomic E-state index is -0.514. The quantitative estimate of drug-likeness (QED) is 0.299. The van der Waals surface area contributed by atoms with E-state index in [0.29, 0.717) is 28.6 Å². The van der Waals surface area contributed by atoms with Gasteiger partial charge in [0.25, 0.3) is 0 Å². The monoisotopic (exact) mass is 451 g/mol. The van der Waals surface area contributed by atoms with Crippen molar-refractivity contribution >= 4 is 23.0 Å². The first-order valence-corrected chi connectivity index (χ1v) is 10.7. The molecule has 0 unspecified atom stereocenters. The number of hydrogen-bond donors (Lipinski definition) is 2. The van der Waals surface area contributed by atoms with Gasteiger partial charge in [-0.15, -0.1) is 0 Å². The normalized spacial score (nSPS) is 11.4. The number of fused-ring (bicyclic) bond motifs is 1. The van der Waals surface area contributed by atoms with Gasteiger partial charge in [-0.25, -0.2) is 4.79 Å². The lowest BCUT2D eigenvalue weighted by atomic mass is 9.82. The molecular formula is C25H29N3O5. The highest BCUT2D eigenvalue weighted by Crippen LogP contribution is 2.41. The number of carbonyl (C=O) groups is 2. The van der Waals surface area contributed by atoms with Crippen molar-refractivity contribution in [3.05, 3.63) is 53.6 Å². The first kappa shape index (κ1) is 24.0. The Hall–Kier alpha value is -3.68. The van der Waals surface area contributed by atoms with Crippen LogP contribution in [0.15, 0.2) is 42.5 Å². The molecule has 1 heterocycles. The van der Waals surface area contributed by atoms with E-state index in [4.69, 9.17) is 9.47 Å². The molecule has 33 heavy (non-hydrogen) atoms. The summed E-state index contributed by atoms with van der Waals surface area (Å²) in [5.41, 5.74) is 4.39. The summed E-state index contributed by atoms with van der Waals surface area (Å²) in [5, 5.41) is 22.1. The number of phenolic OH excluding ortho intramolecular Hbond substituents is 1. The second-order valence-electron chi connectivity index (χ2n) is 8.92. The third-order valence-electron chi connectivity index (χ3n) is 5.16. The molecule has 8 nitrogen and oxygen atoms in total. The van der Waals surface area contributed by atoms with Crippen molar-refractivity contribution in [2.45, 2.75) is 46.0 Å². The lowest BCUT2D eigenvalue weighted by Gasteiger charge is -2.23. The lowest BCUT2D eigenvalue weighted by molar-refractivity contribution is -0.150. The number of rotatable bonds is 8. The Balaban J connectivity index is 1.78. The molecule has 0 saturated carbocycles. The largest absolute Gasteiger partial charge is 0.507 e. The Bertz CT molecular complexity index is 1190. The highest BCUT2D eigenvalue weighted by atomic mass is 16.6. The standard InChI is InChI=1S/C25H29N3O5/c1-15(2)24(31)33-12-11-32-21(29)10-9-16-13-18(23(30)19(14-16)25(3,4)5)17-7-6-8-20-22(17)27-28-26-20/h6-8,13-14,30H,1,9-12H2,2-5H3,(H,26,27,28). The van der Waals surface area contributed by atoms with E-state index in [1.54, 1.807) is 6.92 Å². The molecule has 0 bridgehead atoms. The third-order valence-corrected chi connectivity index (χ3v) is 5.16. The number of H-pyrrole nitrogens is 1. The van der Waals surface area contributed by atoms with E-state index in [-0.39, 0.29) is 30.8 Å². The molecule has 2 N–H and O–H groups in total. The van der Waals surface area contributed by atoms with Crippen LogP contribution in [-0.4, -0.2) is 45.7 Å². The summed E-state index contributed by atoms with van der Waals surface area (Å²) in [7, 11) is 0. The zero-order chi connectivity index (χ0) is 24.2. The second kappa shape index (κ2) is 9.85. The van der Waals surface area contributed by atoms with Crippen molar-refractivity contribution in [2.75, 3.05) is 13.2 Å². The molecule has 3 aromatic rings. The van der Waals surface area contributed by atoms with Crippen LogP contribution >= 0.6 is 0 Å². The van der Waals surface area contributed by atoms with Gasteiger partial charge in [-0.3, -0.25) is 4.79 Å². The Labute approximate surface area is 192 Å². The van der Waals surface area contributed by atoms with Crippen LogP contribution in [-0.2, 0) is 30.9 Å². The first-order chi connectivity index (χ1) is 15.6. The minimum Gasteiger partial charge on any atom is -0.507 e. The second-order valence-corrected chi connectivity index (χ2v) is 8.92. The van der Waals surface area contributed by atoms with Gasteiger partial charge < -0.3 is 14.6 Å². The number of carbonyl (C=O) groups excluding carboxylic acids is 2. The molecule has 3 rings (SSSR count). The summed E-state index contributed by atoms with van der Waals surface area (Å²) in [4.78, 5) is 23.5. The van der Waals surface area contributed by atoms with E-state index in [1.165, 1.54) is 0 Å². The fraction of sp³-hybridized carbons (Fsp3) is 0.360. The summed E-state index contributed by atoms with van der Waals surface area (Å²) in [6, 6.07) is 9.38. The number of aryl methyl sites for hydroxylation is 1. The van der Waals surface area contributed by atoms with Gasteiger partial charge in [-0.05, 0) is 36.5 Å². The molecule has 0 aliphatic rings. The molecule has 0 aliphatic heterocycles. The number of aromatic amines is 1. The first-order valence-electron chi connectivity index (χ1n) is 10.7. The Morgan fingerprint density at radius 2 is 1.82 bits per heavy atom. The van der Waals surface area contributed by atoms with Crippen LogP contribution in [0.2, 0.25) is 0 Å². The van der Waals surface area contributed by atoms with E-state index in [1.807, 2.05) is 51.1 Å². The number of esters is 2. The SMILES string of the molecule is C=C(C)C(=O)OCCOC(=O)CCc1cc(-c2cccc3n[nH]nc23)c(O)c(C(C)(C)C)c1. The molecule has 2 aromatic carbocycles. The van der Waals surface area contributed by atoms with E-state index < -0.39 is 11.9 Å². The van der Waals surface area contributed by atoms with E-state index in [2.05, 4.69) is 22.0 Å². The third kappa shape index (κ3) is 5.77. The van der Waals surface area contributed by atoms with Crippen LogP contribution in [0.5, 0.6) is 5.75 Å². The Kier molecular flexibility index (Phi) is 7.16. The number of nitrogens with one attached hydrogen (secondary N) is 1. The Morgan fingerprint density at radius 1 is 1.09 bits per heavy atom. The molecule has 1 aromatic heterocycles. The molecule has 0 fully saturated rings. The van der Waals surface area contributed by atoms with Gasteiger partial charge in [0.15, 0.2) is 0 Å². The number of ether oxygens (including phenoxy) is 2. The maximum Gasteiger partial charge on any atom is 0.333 e. The summed E-state index contributed by atoms with van der Waals surface area (Å²) in [6.07, 6.45) is 0.575. The lowest BCUT2D eigenvalue weighted by Crippen LogP contribution is -2.15. The van der Waals surface area contributed by atoms with Gasteiger partial charge in [-0.2, -0.15) is 15.4 Å². The topological polar surface area (TPSA) is 114 Å². The van der Waals surface area contributed by atoms with Gasteiger partial charge in [0.2, 0.25) is 0 Å². The number of para-hydroxylation sites is 1. The van der Waals surface area contributed by atoms with Gasteiger partial charge in [0.1, 0.15) is 30.0 Å². The van der Waals surface area contributed by atoms with E-state index in [0.717, 1.165) is 16.7 Å². The molecule has 174 valence electrons. The predicted molar refractivity (Wildman–Crippen MR) is 125 cm³/mol. The van der Waals surface area contributed by atoms with E-state index >= 15 is 0 Å². The van der Waals surface area contributed by atoms with Crippen LogP contribution in [0.25, 0.3) is 22.2 Å². The van der Waals surface area contributed by atoms with Crippen molar-refractivity contribution in [2.24, 2.45) is 0 Å². The molecule has 0 spiro atoms. The van der Waals surface area contributed by atoms with E-state index in [9.17, 15) is 14.7 Å². The molecule has 0 amide bonds. The summed E-state index contributed by atoms with van der Waals surface area (Å²) < 4.78 is 10.1. The smallest absolute Gasteiger partial charge is 0.333 e. The van der Waals surface area contributed by atoms with Crippen LogP contribution in [0.4, 0.5) is 0 Å². The maximum atomic E-state index is 12.2. The number of aromatic hydroxyl groups is 1. The number of nitrogens with zero attached hydrogens (tertiary/aromatic N) is 2. The number of phenols is 1. The highest BCUT2D eigenvalue weighted by Gasteiger charge is 2.23. The number of benzene rings is 2. The zero-order valence-electron chi connectivity index (χ0n) is 19.4. The fourth-order valence-corrected chi connectivity index (χ4v) is 3.43. The van der Waals surface area contributed by atoms with Gasteiger partial charge in [0, 0.05) is 28.7 Å². The highest BCUT2D eigenvalue weighted by molar-refractivity contribution is 5.93. The zero-order valence-corrected chi connectivity index (χ0v) is 19.4. The van der Waals surface area contributed by atoms with Crippen molar-refractivity contribution in [1.82, 2.24) is 15.4 Å². The van der Waals surface area contributed by atoms with Gasteiger partial charge in [0.05, 0.1) is 0 Å². The van der Waals surface area contributed by atoms with Gasteiger partial charge in [-0.1, -0.05) is 45.5 Å². The molecule has 8 heteroatoms. The van der Waals surface area contributed by atoms with Crippen molar-refractivity contribution in [1.29, 1.82) is 0 Å². The molecule has 0 aliphatic carbocycles. The van der Waals surface area contributed by atoms with Crippen molar-refractivity contribution in [3.8, 4) is 16.9 Å². The summed E-state index contributed by atoms with van der Waals surface area (Å²) in [6.45, 7) is 11.1. The maximum absolute atomic E-state index is 12.2. The Morgan fingerprint density at radius 3 is 2.52 bits per heavy atom. The van der Waals surface area contributed by atoms with Crippen LogP contribution in [0.3, 0.4) is 0 Å². The average Bonchev–Trinajstić information content (AvgIpc) is 3.24. The van der Waals surface area contributed by atoms with Crippen LogP contribution < -0.4 is 0 Å². The fourth-order valence-electron chi connectivity index (χ4n) is 3.43. The molecular weight excluding hydrogens is 422 g/mol. The molecule has 0 saturated heterocycles. The predicted octanol–water partition coefficient (Wildman–Crippen LogP) is 4.22. The summed E-state index contributed by atoms with van der Waals surface area (Å²) >= 11 is 0. The van der Waals surface area contributed by atoms with Crippen LogP contribution in [0.1, 0.15) is 45.2 Å². The van der Waals surface area contributed by atoms with Crippen molar-refractivity contribution < 1.29 is 24.2 Å². The van der Waals surface area contributed by atoms with Crippen LogP contribution in [0, 0.1) is 0 Å². The summed E-state index contributed by atoms with van der Waals surface area (Å²) in [5.74, 6) is -0.727. The average molecular weight is 452 g/mol. The molecule has 0 radical (unpaired) electrons. The minimum absolute atomic E-state index is 0.0138.